The molecule has 0 aliphatic heterocycles. The van der Waals surface area contributed by atoms with Gasteiger partial charge < -0.3 is 0 Å². The minimum absolute atomic E-state index is 0.425. The van der Waals surface area contributed by atoms with Gasteiger partial charge >= 0.3 is 0 Å². The minimum atomic E-state index is 0.425. The molecule has 0 aromatic carbocycles. The molecule has 0 aliphatic carbocycles. The van der Waals surface area contributed by atoms with Crippen molar-refractivity contribution in [3.8, 4) is 0 Å². The van der Waals surface area contributed by atoms with E-state index in [0.717, 1.165) is 12.2 Å². The summed E-state index contributed by atoms with van der Waals surface area (Å²) in [4.78, 5) is 8.37. The highest BCUT2D eigenvalue weighted by Gasteiger charge is 2.09. The first kappa shape index (κ1) is 10.2. The fraction of sp³-hybridized carbons (Fsp3) is 0.636. The van der Waals surface area contributed by atoms with Gasteiger partial charge in [-0.25, -0.2) is 9.97 Å². The fourth-order valence-electron chi connectivity index (χ4n) is 1.24. The highest BCUT2D eigenvalue weighted by Crippen LogP contribution is 2.21. The van der Waals surface area contributed by atoms with E-state index in [4.69, 9.17) is 0 Å². The van der Waals surface area contributed by atoms with Gasteiger partial charge in [0.05, 0.1) is 0 Å². The van der Waals surface area contributed by atoms with Crippen LogP contribution in [0, 0.1) is 5.41 Å². The zero-order valence-electron chi connectivity index (χ0n) is 8.75. The Bertz CT molecular complexity index is 236. The van der Waals surface area contributed by atoms with E-state index in [0.29, 0.717) is 5.41 Å². The van der Waals surface area contributed by atoms with Crippen molar-refractivity contribution in [3.05, 3.63) is 24.3 Å². The molecule has 0 amide bonds. The van der Waals surface area contributed by atoms with Crippen LogP contribution in [0.25, 0.3) is 0 Å². The number of hydrogen-bond donors (Lipinski definition) is 0. The summed E-state index contributed by atoms with van der Waals surface area (Å²) in [6.45, 7) is 6.79. The van der Waals surface area contributed by atoms with E-state index in [1.54, 1.807) is 12.4 Å². The number of hydrogen-bond acceptors (Lipinski definition) is 2. The molecule has 2 heteroatoms. The third-order valence-electron chi connectivity index (χ3n) is 1.95. The summed E-state index contributed by atoms with van der Waals surface area (Å²) < 4.78 is 0. The summed E-state index contributed by atoms with van der Waals surface area (Å²) in [6.07, 6.45) is 7.01. The maximum atomic E-state index is 4.19. The standard InChI is InChI=1S/C11H18N2/c1-11(2,3)7-4-6-10-12-8-5-9-13-10/h5,8-9H,4,6-7H2,1-3H3. The molecule has 0 saturated carbocycles. The van der Waals surface area contributed by atoms with E-state index in [-0.39, 0.29) is 0 Å². The summed E-state index contributed by atoms with van der Waals surface area (Å²) in [5, 5.41) is 0. The van der Waals surface area contributed by atoms with E-state index in [9.17, 15) is 0 Å². The van der Waals surface area contributed by atoms with Crippen LogP contribution in [-0.2, 0) is 6.42 Å². The van der Waals surface area contributed by atoms with E-state index < -0.39 is 0 Å². The molecule has 1 aromatic heterocycles. The molecule has 1 heterocycles. The molecule has 1 aromatic rings. The molecule has 1 rings (SSSR count). The predicted octanol–water partition coefficient (Wildman–Crippen LogP) is 2.85. The highest BCUT2D eigenvalue weighted by atomic mass is 14.8. The van der Waals surface area contributed by atoms with Crippen molar-refractivity contribution in [3.63, 3.8) is 0 Å². The first-order valence-electron chi connectivity index (χ1n) is 4.84. The van der Waals surface area contributed by atoms with Crippen molar-refractivity contribution in [2.45, 2.75) is 40.0 Å². The molecule has 13 heavy (non-hydrogen) atoms. The number of aryl methyl sites for hydroxylation is 1. The molecular formula is C11H18N2. The SMILES string of the molecule is CC(C)(C)CCCc1ncccn1. The number of aromatic nitrogens is 2. The lowest BCUT2D eigenvalue weighted by Gasteiger charge is -2.16. The molecule has 2 nitrogen and oxygen atoms in total. The third-order valence-corrected chi connectivity index (χ3v) is 1.95. The van der Waals surface area contributed by atoms with Crippen molar-refractivity contribution in [2.75, 3.05) is 0 Å². The van der Waals surface area contributed by atoms with E-state index >= 15 is 0 Å². The van der Waals surface area contributed by atoms with Gasteiger partial charge in [0, 0.05) is 18.8 Å². The van der Waals surface area contributed by atoms with Crippen LogP contribution in [0.3, 0.4) is 0 Å². The van der Waals surface area contributed by atoms with Crippen LogP contribution in [0.2, 0.25) is 0 Å². The second kappa shape index (κ2) is 4.35. The Labute approximate surface area is 80.4 Å². The van der Waals surface area contributed by atoms with Gasteiger partial charge in [-0.15, -0.1) is 0 Å². The smallest absolute Gasteiger partial charge is 0.128 e. The fourth-order valence-corrected chi connectivity index (χ4v) is 1.24. The highest BCUT2D eigenvalue weighted by molar-refractivity contribution is 4.88. The van der Waals surface area contributed by atoms with Crippen LogP contribution in [0.5, 0.6) is 0 Å². The van der Waals surface area contributed by atoms with Crippen LogP contribution in [0.4, 0.5) is 0 Å². The zero-order chi connectivity index (χ0) is 9.73. The van der Waals surface area contributed by atoms with Gasteiger partial charge in [0.2, 0.25) is 0 Å². The van der Waals surface area contributed by atoms with Crippen molar-refractivity contribution < 1.29 is 0 Å². The first-order chi connectivity index (χ1) is 6.08. The van der Waals surface area contributed by atoms with Crippen LogP contribution in [-0.4, -0.2) is 9.97 Å². The number of nitrogens with zero attached hydrogens (tertiary/aromatic N) is 2. The molecule has 0 spiro atoms. The summed E-state index contributed by atoms with van der Waals surface area (Å²) in [5.41, 5.74) is 0.425. The second-order valence-electron chi connectivity index (χ2n) is 4.58. The van der Waals surface area contributed by atoms with Gasteiger partial charge in [-0.05, 0) is 24.3 Å². The molecule has 0 bridgehead atoms. The lowest BCUT2D eigenvalue weighted by atomic mass is 9.90. The van der Waals surface area contributed by atoms with Gasteiger partial charge in [0.1, 0.15) is 5.82 Å². The molecule has 0 N–H and O–H groups in total. The van der Waals surface area contributed by atoms with E-state index in [1.807, 2.05) is 6.07 Å². The molecule has 0 saturated heterocycles. The van der Waals surface area contributed by atoms with Gasteiger partial charge in [-0.2, -0.15) is 0 Å². The van der Waals surface area contributed by atoms with Crippen LogP contribution >= 0.6 is 0 Å². The topological polar surface area (TPSA) is 25.8 Å². The Morgan fingerprint density at radius 3 is 2.31 bits per heavy atom. The summed E-state index contributed by atoms with van der Waals surface area (Å²) in [7, 11) is 0. The molecule has 0 radical (unpaired) electrons. The Hall–Kier alpha value is -0.920. The molecule has 0 unspecified atom stereocenters. The average molecular weight is 178 g/mol. The molecular weight excluding hydrogens is 160 g/mol. The Morgan fingerprint density at radius 2 is 1.77 bits per heavy atom. The van der Waals surface area contributed by atoms with Crippen molar-refractivity contribution in [1.82, 2.24) is 9.97 Å². The molecule has 0 aliphatic rings. The molecule has 0 fully saturated rings. The lowest BCUT2D eigenvalue weighted by Crippen LogP contribution is -2.05. The predicted molar refractivity (Wildman–Crippen MR) is 54.4 cm³/mol. The quantitative estimate of drug-likeness (QED) is 0.711. The Morgan fingerprint density at radius 1 is 1.15 bits per heavy atom. The van der Waals surface area contributed by atoms with E-state index in [1.165, 1.54) is 12.8 Å². The maximum absolute atomic E-state index is 4.19. The largest absolute Gasteiger partial charge is 0.241 e. The van der Waals surface area contributed by atoms with Gasteiger partial charge in [0.15, 0.2) is 0 Å². The normalized spacial score (nSPS) is 11.6. The first-order valence-corrected chi connectivity index (χ1v) is 4.84. The Balaban J connectivity index is 2.29. The summed E-state index contributed by atoms with van der Waals surface area (Å²) in [6, 6.07) is 1.85. The van der Waals surface area contributed by atoms with Crippen LogP contribution in [0.1, 0.15) is 39.4 Å². The maximum Gasteiger partial charge on any atom is 0.128 e. The molecule has 0 atom stereocenters. The Kier molecular flexibility index (Phi) is 3.40. The zero-order valence-corrected chi connectivity index (χ0v) is 8.75. The summed E-state index contributed by atoms with van der Waals surface area (Å²) in [5.74, 6) is 0.965. The minimum Gasteiger partial charge on any atom is -0.241 e. The monoisotopic (exact) mass is 178 g/mol. The van der Waals surface area contributed by atoms with Gasteiger partial charge in [0.25, 0.3) is 0 Å². The summed E-state index contributed by atoms with van der Waals surface area (Å²) >= 11 is 0. The van der Waals surface area contributed by atoms with Gasteiger partial charge in [-0.1, -0.05) is 20.8 Å². The van der Waals surface area contributed by atoms with Crippen molar-refractivity contribution >= 4 is 0 Å². The second-order valence-corrected chi connectivity index (χ2v) is 4.58. The van der Waals surface area contributed by atoms with Crippen molar-refractivity contribution in [1.29, 1.82) is 0 Å². The van der Waals surface area contributed by atoms with E-state index in [2.05, 4.69) is 30.7 Å². The van der Waals surface area contributed by atoms with Gasteiger partial charge in [-0.3, -0.25) is 0 Å². The van der Waals surface area contributed by atoms with Crippen molar-refractivity contribution in [2.24, 2.45) is 5.41 Å². The molecule has 72 valence electrons. The lowest BCUT2D eigenvalue weighted by molar-refractivity contribution is 0.364. The van der Waals surface area contributed by atoms with Crippen LogP contribution < -0.4 is 0 Å². The number of rotatable bonds is 3. The third kappa shape index (κ3) is 4.61. The average Bonchev–Trinajstić information content (AvgIpc) is 2.04. The van der Waals surface area contributed by atoms with Crippen LogP contribution in [0.15, 0.2) is 18.5 Å².